The zero-order chi connectivity index (χ0) is 23.2. The van der Waals surface area contributed by atoms with E-state index in [-0.39, 0.29) is 18.2 Å². The second-order valence-electron chi connectivity index (χ2n) is 7.74. The van der Waals surface area contributed by atoms with Crippen molar-refractivity contribution in [1.82, 2.24) is 14.9 Å². The van der Waals surface area contributed by atoms with Crippen LogP contribution >= 0.6 is 11.8 Å². The minimum atomic E-state index is -0.693. The molecule has 4 aromatic rings. The highest BCUT2D eigenvalue weighted by molar-refractivity contribution is 7.98. The number of nitrogens with one attached hydrogen (secondary N) is 1. The highest BCUT2D eigenvalue weighted by Crippen LogP contribution is 2.29. The largest absolute Gasteiger partial charge is 0.464 e. The molecule has 6 nitrogen and oxygen atoms in total. The van der Waals surface area contributed by atoms with Crippen LogP contribution in [0.2, 0.25) is 0 Å². The Morgan fingerprint density at radius 2 is 1.82 bits per heavy atom. The number of rotatable bonds is 9. The average Bonchev–Trinajstić information content (AvgIpc) is 3.15. The predicted molar refractivity (Wildman–Crippen MR) is 134 cm³/mol. The molecule has 2 heterocycles. The van der Waals surface area contributed by atoms with Gasteiger partial charge in [0.2, 0.25) is 0 Å². The van der Waals surface area contributed by atoms with Crippen molar-refractivity contribution in [2.24, 2.45) is 0 Å². The van der Waals surface area contributed by atoms with Crippen molar-refractivity contribution in [2.45, 2.75) is 25.9 Å². The number of fused-ring (bicyclic) bond motifs is 3. The summed E-state index contributed by atoms with van der Waals surface area (Å²) in [5.74, 6) is -0.0557. The van der Waals surface area contributed by atoms with Gasteiger partial charge in [-0.2, -0.15) is 11.8 Å². The highest BCUT2D eigenvalue weighted by Gasteiger charge is 2.23. The summed E-state index contributed by atoms with van der Waals surface area (Å²) in [6.07, 6.45) is 4.21. The first-order valence-electron chi connectivity index (χ1n) is 11.0. The summed E-state index contributed by atoms with van der Waals surface area (Å²) in [4.78, 5) is 29.8. The smallest absolute Gasteiger partial charge is 0.328 e. The Bertz CT molecular complexity index is 1270. The Balaban J connectivity index is 1.68. The second-order valence-corrected chi connectivity index (χ2v) is 8.72. The van der Waals surface area contributed by atoms with E-state index in [1.165, 1.54) is 5.56 Å². The van der Waals surface area contributed by atoms with Crippen LogP contribution in [0, 0.1) is 0 Å². The number of hydrogen-bond donors (Lipinski definition) is 1. The van der Waals surface area contributed by atoms with Gasteiger partial charge >= 0.3 is 5.97 Å². The lowest BCUT2D eigenvalue weighted by Gasteiger charge is -2.16. The average molecular weight is 462 g/mol. The Kier molecular flexibility index (Phi) is 7.29. The topological polar surface area (TPSA) is 73.2 Å². The molecule has 2 aromatic heterocycles. The molecule has 1 N–H and O–H groups in total. The molecular weight excluding hydrogens is 434 g/mol. The number of carbonyl (C=O) groups excluding carboxylic acids is 2. The summed E-state index contributed by atoms with van der Waals surface area (Å²) in [6.45, 7) is 2.74. The van der Waals surface area contributed by atoms with Crippen LogP contribution in [0.1, 0.15) is 29.4 Å². The van der Waals surface area contributed by atoms with Gasteiger partial charge in [-0.05, 0) is 43.0 Å². The molecule has 1 amide bonds. The standard InChI is InChI=1S/C26H27N3O3S/c1-3-32-26(31)21(13-14-33-2)28-25(30)22-15-20-19-11-7-8-12-23(19)29(24(20)16-27-22)17-18-9-5-4-6-10-18/h4-12,15-16,21H,3,13-14,17H2,1-2H3,(H,28,30)/t21-/m0/s1. The van der Waals surface area contributed by atoms with Crippen molar-refractivity contribution in [1.29, 1.82) is 0 Å². The van der Waals surface area contributed by atoms with Crippen LogP contribution in [0.5, 0.6) is 0 Å². The van der Waals surface area contributed by atoms with Crippen LogP contribution in [0.4, 0.5) is 0 Å². The molecule has 7 heteroatoms. The summed E-state index contributed by atoms with van der Waals surface area (Å²) in [7, 11) is 0. The van der Waals surface area contributed by atoms with Crippen molar-refractivity contribution >= 4 is 45.4 Å². The third-order valence-electron chi connectivity index (χ3n) is 5.56. The Labute approximate surface area is 197 Å². The number of thioether (sulfide) groups is 1. The lowest BCUT2D eigenvalue weighted by Crippen LogP contribution is -2.42. The molecule has 0 bridgehead atoms. The lowest BCUT2D eigenvalue weighted by molar-refractivity contribution is -0.145. The lowest BCUT2D eigenvalue weighted by atomic mass is 10.1. The van der Waals surface area contributed by atoms with Crippen LogP contribution in [-0.4, -0.2) is 46.1 Å². The minimum absolute atomic E-state index is 0.273. The molecule has 0 spiro atoms. The normalized spacial score (nSPS) is 12.1. The fourth-order valence-electron chi connectivity index (χ4n) is 3.97. The van der Waals surface area contributed by atoms with Crippen LogP contribution < -0.4 is 5.32 Å². The van der Waals surface area contributed by atoms with Crippen molar-refractivity contribution in [3.63, 3.8) is 0 Å². The van der Waals surface area contributed by atoms with Gasteiger partial charge in [-0.25, -0.2) is 9.78 Å². The molecule has 0 aliphatic rings. The van der Waals surface area contributed by atoms with Crippen molar-refractivity contribution in [2.75, 3.05) is 18.6 Å². The van der Waals surface area contributed by atoms with Crippen LogP contribution in [0.25, 0.3) is 21.8 Å². The summed E-state index contributed by atoms with van der Waals surface area (Å²) < 4.78 is 7.36. The fourth-order valence-corrected chi connectivity index (χ4v) is 4.44. The highest BCUT2D eigenvalue weighted by atomic mass is 32.2. The number of pyridine rings is 1. The second kappa shape index (κ2) is 10.5. The molecular formula is C26H27N3O3S. The molecule has 33 heavy (non-hydrogen) atoms. The monoisotopic (exact) mass is 461 g/mol. The predicted octanol–water partition coefficient (Wildman–Crippen LogP) is 4.65. The first-order chi connectivity index (χ1) is 16.1. The molecule has 0 radical (unpaired) electrons. The van der Waals surface area contributed by atoms with Gasteiger partial charge in [0.05, 0.1) is 18.3 Å². The van der Waals surface area contributed by atoms with E-state index >= 15 is 0 Å². The number of para-hydroxylation sites is 1. The first kappa shape index (κ1) is 22.9. The quantitative estimate of drug-likeness (QED) is 0.367. The Morgan fingerprint density at radius 3 is 2.58 bits per heavy atom. The van der Waals surface area contributed by atoms with Gasteiger partial charge in [-0.3, -0.25) is 4.79 Å². The molecule has 0 saturated heterocycles. The summed E-state index contributed by atoms with van der Waals surface area (Å²) in [6, 6.07) is 19.5. The maximum Gasteiger partial charge on any atom is 0.328 e. The number of esters is 1. The Hall–Kier alpha value is -3.32. The van der Waals surface area contributed by atoms with E-state index in [4.69, 9.17) is 4.74 Å². The molecule has 0 fully saturated rings. The maximum absolute atomic E-state index is 13.0. The number of aromatic nitrogens is 2. The molecule has 4 rings (SSSR count). The maximum atomic E-state index is 13.0. The summed E-state index contributed by atoms with van der Waals surface area (Å²) >= 11 is 1.62. The van der Waals surface area contributed by atoms with E-state index in [1.807, 2.05) is 42.7 Å². The van der Waals surface area contributed by atoms with Gasteiger partial charge in [0.25, 0.3) is 5.91 Å². The van der Waals surface area contributed by atoms with Crippen LogP contribution in [0.3, 0.4) is 0 Å². The van der Waals surface area contributed by atoms with E-state index in [0.717, 1.165) is 27.6 Å². The fraction of sp³-hybridized carbons (Fsp3) is 0.269. The van der Waals surface area contributed by atoms with Gasteiger partial charge in [0, 0.05) is 22.8 Å². The van der Waals surface area contributed by atoms with E-state index in [0.29, 0.717) is 13.0 Å². The number of amides is 1. The molecule has 170 valence electrons. The minimum Gasteiger partial charge on any atom is -0.464 e. The number of ether oxygens (including phenoxy) is 1. The van der Waals surface area contributed by atoms with Gasteiger partial charge in [0.15, 0.2) is 0 Å². The first-order valence-corrected chi connectivity index (χ1v) is 12.4. The molecule has 0 aliphatic carbocycles. The van der Waals surface area contributed by atoms with E-state index in [9.17, 15) is 9.59 Å². The van der Waals surface area contributed by atoms with E-state index < -0.39 is 12.0 Å². The number of carbonyl (C=O) groups is 2. The summed E-state index contributed by atoms with van der Waals surface area (Å²) in [5.41, 5.74) is 3.51. The third kappa shape index (κ3) is 5.03. The zero-order valence-corrected chi connectivity index (χ0v) is 19.6. The molecule has 0 aliphatic heterocycles. The number of nitrogens with zero attached hydrogens (tertiary/aromatic N) is 2. The van der Waals surface area contributed by atoms with Gasteiger partial charge in [-0.15, -0.1) is 0 Å². The molecule has 2 aromatic carbocycles. The van der Waals surface area contributed by atoms with E-state index in [1.54, 1.807) is 24.9 Å². The van der Waals surface area contributed by atoms with Crippen molar-refractivity contribution < 1.29 is 14.3 Å². The van der Waals surface area contributed by atoms with Crippen LogP contribution in [-0.2, 0) is 16.1 Å². The van der Waals surface area contributed by atoms with Gasteiger partial charge < -0.3 is 14.6 Å². The van der Waals surface area contributed by atoms with E-state index in [2.05, 4.69) is 39.1 Å². The van der Waals surface area contributed by atoms with Crippen molar-refractivity contribution in [3.05, 3.63) is 78.1 Å². The summed E-state index contributed by atoms with van der Waals surface area (Å²) in [5, 5.41) is 4.83. The number of benzene rings is 2. The number of hydrogen-bond acceptors (Lipinski definition) is 5. The SMILES string of the molecule is CCOC(=O)[C@H](CCSC)NC(=O)c1cc2c3ccccc3n(Cc3ccccc3)c2cn1. The zero-order valence-electron chi connectivity index (χ0n) is 18.8. The third-order valence-corrected chi connectivity index (χ3v) is 6.21. The van der Waals surface area contributed by atoms with Gasteiger partial charge in [0.1, 0.15) is 11.7 Å². The molecule has 0 unspecified atom stereocenters. The Morgan fingerprint density at radius 1 is 1.06 bits per heavy atom. The molecule has 0 saturated carbocycles. The van der Waals surface area contributed by atoms with Gasteiger partial charge in [-0.1, -0.05) is 48.5 Å². The van der Waals surface area contributed by atoms with Crippen molar-refractivity contribution in [3.8, 4) is 0 Å². The molecule has 1 atom stereocenters. The van der Waals surface area contributed by atoms with Crippen LogP contribution in [0.15, 0.2) is 66.9 Å².